The molecule has 2 aromatic rings. The summed E-state index contributed by atoms with van der Waals surface area (Å²) in [5.41, 5.74) is 3.49. The fraction of sp³-hybridized carbons (Fsp3) is 0.471. The molecule has 2 rings (SSSR count). The van der Waals surface area contributed by atoms with Crippen LogP contribution in [0.2, 0.25) is 0 Å². The van der Waals surface area contributed by atoms with Crippen molar-refractivity contribution in [3.05, 3.63) is 41.6 Å². The number of anilines is 1. The Hall–Kier alpha value is -1.81. The summed E-state index contributed by atoms with van der Waals surface area (Å²) >= 11 is 0. The maximum atomic E-state index is 4.76. The van der Waals surface area contributed by atoms with E-state index in [1.165, 1.54) is 11.4 Å². The molecule has 0 saturated heterocycles. The summed E-state index contributed by atoms with van der Waals surface area (Å²) in [6.45, 7) is 9.30. The molecule has 0 aliphatic heterocycles. The van der Waals surface area contributed by atoms with E-state index in [-0.39, 0.29) is 0 Å². The van der Waals surface area contributed by atoms with Gasteiger partial charge in [-0.3, -0.25) is 0 Å². The van der Waals surface area contributed by atoms with Crippen molar-refractivity contribution < 1.29 is 0 Å². The van der Waals surface area contributed by atoms with E-state index in [2.05, 4.69) is 67.0 Å². The van der Waals surface area contributed by atoms with Gasteiger partial charge in [0.15, 0.2) is 0 Å². The first-order chi connectivity index (χ1) is 10.2. The molecule has 114 valence electrons. The van der Waals surface area contributed by atoms with E-state index in [1.54, 1.807) is 0 Å². The van der Waals surface area contributed by atoms with Crippen LogP contribution in [0, 0.1) is 6.92 Å². The predicted molar refractivity (Wildman–Crippen MR) is 89.2 cm³/mol. The number of aromatic nitrogens is 2. The molecule has 0 aliphatic carbocycles. The standard InChI is InChI=1S/C17H26N4/c1-5-12-18-13-16-14(3)19-21(17(16)20(4)6-2)15-10-8-7-9-11-15/h7-11,18H,5-6,12-13H2,1-4H3. The van der Waals surface area contributed by atoms with Crippen LogP contribution in [-0.2, 0) is 6.54 Å². The van der Waals surface area contributed by atoms with E-state index in [0.717, 1.165) is 37.4 Å². The number of benzene rings is 1. The second-order valence-corrected chi connectivity index (χ2v) is 5.33. The van der Waals surface area contributed by atoms with Crippen LogP contribution in [0.4, 0.5) is 5.82 Å². The largest absolute Gasteiger partial charge is 0.360 e. The Morgan fingerprint density at radius 2 is 1.90 bits per heavy atom. The maximum Gasteiger partial charge on any atom is 0.136 e. The third kappa shape index (κ3) is 3.45. The molecule has 1 aromatic heterocycles. The first-order valence-electron chi connectivity index (χ1n) is 7.74. The van der Waals surface area contributed by atoms with Crippen LogP contribution >= 0.6 is 0 Å². The molecule has 0 fully saturated rings. The lowest BCUT2D eigenvalue weighted by Crippen LogP contribution is -2.23. The molecule has 0 aliphatic rings. The first kappa shape index (κ1) is 15.6. The zero-order valence-corrected chi connectivity index (χ0v) is 13.6. The average molecular weight is 286 g/mol. The number of nitrogens with one attached hydrogen (secondary N) is 1. The van der Waals surface area contributed by atoms with Gasteiger partial charge >= 0.3 is 0 Å². The molecule has 1 aromatic carbocycles. The molecule has 21 heavy (non-hydrogen) atoms. The van der Waals surface area contributed by atoms with Gasteiger partial charge in [0.2, 0.25) is 0 Å². The van der Waals surface area contributed by atoms with Crippen LogP contribution < -0.4 is 10.2 Å². The highest BCUT2D eigenvalue weighted by Crippen LogP contribution is 2.26. The van der Waals surface area contributed by atoms with Crippen LogP contribution in [0.1, 0.15) is 31.5 Å². The molecule has 4 heteroatoms. The number of hydrogen-bond donors (Lipinski definition) is 1. The quantitative estimate of drug-likeness (QED) is 0.794. The lowest BCUT2D eigenvalue weighted by Gasteiger charge is -2.20. The monoisotopic (exact) mass is 286 g/mol. The van der Waals surface area contributed by atoms with Crippen molar-refractivity contribution in [2.75, 3.05) is 25.0 Å². The van der Waals surface area contributed by atoms with Gasteiger partial charge in [-0.05, 0) is 38.9 Å². The molecule has 0 bridgehead atoms. The van der Waals surface area contributed by atoms with Gasteiger partial charge in [-0.1, -0.05) is 25.1 Å². The van der Waals surface area contributed by atoms with Crippen molar-refractivity contribution in [1.29, 1.82) is 0 Å². The molecule has 4 nitrogen and oxygen atoms in total. The summed E-state index contributed by atoms with van der Waals surface area (Å²) in [6, 6.07) is 10.3. The molecule has 1 heterocycles. The Morgan fingerprint density at radius 1 is 1.19 bits per heavy atom. The number of para-hydroxylation sites is 1. The molecule has 0 atom stereocenters. The molecule has 0 saturated carbocycles. The Labute approximate surface area is 127 Å². The second-order valence-electron chi connectivity index (χ2n) is 5.33. The highest BCUT2D eigenvalue weighted by Gasteiger charge is 2.18. The van der Waals surface area contributed by atoms with Crippen LogP contribution in [0.3, 0.4) is 0 Å². The van der Waals surface area contributed by atoms with Crippen LogP contribution in [0.5, 0.6) is 0 Å². The summed E-state index contributed by atoms with van der Waals surface area (Å²) in [7, 11) is 2.12. The highest BCUT2D eigenvalue weighted by atomic mass is 15.4. The molecule has 1 N–H and O–H groups in total. The van der Waals surface area contributed by atoms with Gasteiger partial charge in [0, 0.05) is 25.7 Å². The van der Waals surface area contributed by atoms with Gasteiger partial charge in [-0.25, -0.2) is 4.68 Å². The van der Waals surface area contributed by atoms with E-state index in [1.807, 2.05) is 6.07 Å². The highest BCUT2D eigenvalue weighted by molar-refractivity contribution is 5.54. The molecular formula is C17H26N4. The zero-order chi connectivity index (χ0) is 15.2. The van der Waals surface area contributed by atoms with Gasteiger partial charge in [0.25, 0.3) is 0 Å². The third-order valence-corrected chi connectivity index (χ3v) is 3.72. The maximum absolute atomic E-state index is 4.76. The Kier molecular flexibility index (Phi) is 5.39. The van der Waals surface area contributed by atoms with E-state index < -0.39 is 0 Å². The minimum atomic E-state index is 0.867. The fourth-order valence-corrected chi connectivity index (χ4v) is 2.44. The summed E-state index contributed by atoms with van der Waals surface area (Å²) < 4.78 is 2.06. The number of aryl methyl sites for hydroxylation is 1. The van der Waals surface area contributed by atoms with E-state index in [0.29, 0.717) is 0 Å². The third-order valence-electron chi connectivity index (χ3n) is 3.72. The summed E-state index contributed by atoms with van der Waals surface area (Å²) in [5, 5.41) is 8.26. The normalized spacial score (nSPS) is 10.9. The molecule has 0 spiro atoms. The smallest absolute Gasteiger partial charge is 0.136 e. The summed E-state index contributed by atoms with van der Waals surface area (Å²) in [6.07, 6.45) is 1.14. The Bertz CT molecular complexity index is 560. The minimum Gasteiger partial charge on any atom is -0.360 e. The fourth-order valence-electron chi connectivity index (χ4n) is 2.44. The van der Waals surface area contributed by atoms with E-state index >= 15 is 0 Å². The Balaban J connectivity index is 2.43. The lowest BCUT2D eigenvalue weighted by molar-refractivity contribution is 0.672. The SMILES string of the molecule is CCCNCc1c(C)nn(-c2ccccc2)c1N(C)CC. The summed E-state index contributed by atoms with van der Waals surface area (Å²) in [4.78, 5) is 2.26. The zero-order valence-electron chi connectivity index (χ0n) is 13.6. The topological polar surface area (TPSA) is 33.1 Å². The van der Waals surface area contributed by atoms with Crippen molar-refractivity contribution >= 4 is 5.82 Å². The molecular weight excluding hydrogens is 260 g/mol. The molecule has 0 unspecified atom stereocenters. The van der Waals surface area contributed by atoms with Crippen LogP contribution in [0.25, 0.3) is 5.69 Å². The van der Waals surface area contributed by atoms with E-state index in [9.17, 15) is 0 Å². The number of nitrogens with zero attached hydrogens (tertiary/aromatic N) is 3. The van der Waals surface area contributed by atoms with Crippen molar-refractivity contribution in [1.82, 2.24) is 15.1 Å². The van der Waals surface area contributed by atoms with Gasteiger partial charge in [-0.2, -0.15) is 5.10 Å². The Morgan fingerprint density at radius 3 is 2.52 bits per heavy atom. The van der Waals surface area contributed by atoms with Gasteiger partial charge < -0.3 is 10.2 Å². The molecule has 0 radical (unpaired) electrons. The first-order valence-corrected chi connectivity index (χ1v) is 7.74. The van der Waals surface area contributed by atoms with Crippen LogP contribution in [0.15, 0.2) is 30.3 Å². The average Bonchev–Trinajstić information content (AvgIpc) is 2.85. The van der Waals surface area contributed by atoms with Gasteiger partial charge in [0.05, 0.1) is 11.4 Å². The van der Waals surface area contributed by atoms with E-state index in [4.69, 9.17) is 5.10 Å². The number of hydrogen-bond acceptors (Lipinski definition) is 3. The van der Waals surface area contributed by atoms with Gasteiger partial charge in [0.1, 0.15) is 5.82 Å². The minimum absolute atomic E-state index is 0.867. The summed E-state index contributed by atoms with van der Waals surface area (Å²) in [5.74, 6) is 1.19. The van der Waals surface area contributed by atoms with Gasteiger partial charge in [-0.15, -0.1) is 0 Å². The predicted octanol–water partition coefficient (Wildman–Crippen LogP) is 3.14. The second kappa shape index (κ2) is 7.27. The number of rotatable bonds is 7. The van der Waals surface area contributed by atoms with Crippen LogP contribution in [-0.4, -0.2) is 29.9 Å². The molecule has 0 amide bonds. The van der Waals surface area contributed by atoms with Crippen molar-refractivity contribution in [2.24, 2.45) is 0 Å². The lowest BCUT2D eigenvalue weighted by atomic mass is 10.2. The van der Waals surface area contributed by atoms with Crippen molar-refractivity contribution in [2.45, 2.75) is 33.7 Å². The van der Waals surface area contributed by atoms with Crippen molar-refractivity contribution in [3.63, 3.8) is 0 Å². The van der Waals surface area contributed by atoms with Crippen molar-refractivity contribution in [3.8, 4) is 5.69 Å².